The molecule has 2 N–H and O–H groups in total. The van der Waals surface area contributed by atoms with E-state index in [9.17, 15) is 5.11 Å². The molecule has 3 unspecified atom stereocenters. The largest absolute Gasteiger partial charge is 0.508 e. The molecule has 0 amide bonds. The van der Waals surface area contributed by atoms with Gasteiger partial charge in [0.05, 0.1) is 17.0 Å². The minimum Gasteiger partial charge on any atom is -0.508 e. The van der Waals surface area contributed by atoms with Gasteiger partial charge < -0.3 is 24.8 Å². The molecule has 5 atom stereocenters. The van der Waals surface area contributed by atoms with Crippen molar-refractivity contribution in [1.29, 1.82) is 0 Å². The van der Waals surface area contributed by atoms with Gasteiger partial charge in [-0.2, -0.15) is 9.97 Å². The standard InChI is InChI=1S/C39H41FN6O3/c1-3-24-6-4-7-26-14-29(47)16-30(33(24)26)35-34(40)36-31(18-41-35)37(45-20-27-10-11-28(21-45)42-27)44-38(43-36)49-22-39-12-5-13-46(39)19-23(17-39)8-9-25-15-32(25)48-2/h1,4,6-8,14,16,18,25,27-28,32,42,47H,5,9-13,15,17,19-22H2,2H3/t25?,27-,28+,32?,39?. The molecule has 2 aromatic heterocycles. The van der Waals surface area contributed by atoms with Crippen molar-refractivity contribution in [3.63, 3.8) is 0 Å². The second-order valence-corrected chi connectivity index (χ2v) is 14.7. The van der Waals surface area contributed by atoms with Gasteiger partial charge in [-0.25, -0.2) is 4.39 Å². The van der Waals surface area contributed by atoms with E-state index in [-0.39, 0.29) is 28.5 Å². The average Bonchev–Trinajstić information content (AvgIpc) is 3.46. The van der Waals surface area contributed by atoms with Crippen LogP contribution in [0.1, 0.15) is 50.5 Å². The van der Waals surface area contributed by atoms with Crippen molar-refractivity contribution >= 4 is 27.5 Å². The number of hydrogen-bond acceptors (Lipinski definition) is 9. The zero-order chi connectivity index (χ0) is 33.3. The summed E-state index contributed by atoms with van der Waals surface area (Å²) in [5.41, 5.74) is 2.59. The Kier molecular flexibility index (Phi) is 7.49. The lowest BCUT2D eigenvalue weighted by Crippen LogP contribution is -2.51. The number of hydrogen-bond donors (Lipinski definition) is 2. The van der Waals surface area contributed by atoms with E-state index in [2.05, 4.69) is 32.1 Å². The lowest BCUT2D eigenvalue weighted by Gasteiger charge is -2.34. The molecule has 1 aliphatic carbocycles. The molecule has 1 saturated carbocycles. The molecule has 5 fully saturated rings. The number of methoxy groups -OCH3 is 1. The molecular formula is C39H41FN6O3. The van der Waals surface area contributed by atoms with E-state index < -0.39 is 5.82 Å². The van der Waals surface area contributed by atoms with Crippen LogP contribution in [0.2, 0.25) is 0 Å². The van der Waals surface area contributed by atoms with Gasteiger partial charge in [-0.05, 0) is 81.0 Å². The predicted octanol–water partition coefficient (Wildman–Crippen LogP) is 5.58. The first kappa shape index (κ1) is 30.7. The van der Waals surface area contributed by atoms with Gasteiger partial charge in [0.15, 0.2) is 5.82 Å². The van der Waals surface area contributed by atoms with Crippen molar-refractivity contribution in [3.8, 4) is 35.4 Å². The zero-order valence-electron chi connectivity index (χ0n) is 27.8. The Morgan fingerprint density at radius 1 is 1.20 bits per heavy atom. The molecule has 4 saturated heterocycles. The summed E-state index contributed by atoms with van der Waals surface area (Å²) >= 11 is 0. The highest BCUT2D eigenvalue weighted by atomic mass is 19.1. The monoisotopic (exact) mass is 660 g/mol. The van der Waals surface area contributed by atoms with E-state index in [1.54, 1.807) is 19.4 Å². The first-order valence-corrected chi connectivity index (χ1v) is 17.6. The fourth-order valence-corrected chi connectivity index (χ4v) is 8.99. The van der Waals surface area contributed by atoms with Crippen LogP contribution in [0.25, 0.3) is 32.9 Å². The number of rotatable bonds is 8. The average molecular weight is 661 g/mol. The van der Waals surface area contributed by atoms with Gasteiger partial charge in [0.25, 0.3) is 0 Å². The van der Waals surface area contributed by atoms with Gasteiger partial charge in [0, 0.05) is 61.5 Å². The van der Waals surface area contributed by atoms with E-state index in [1.807, 2.05) is 18.2 Å². The maximum Gasteiger partial charge on any atom is 0.319 e. The first-order valence-electron chi connectivity index (χ1n) is 17.6. The highest BCUT2D eigenvalue weighted by Crippen LogP contribution is 2.44. The Morgan fingerprint density at radius 3 is 2.86 bits per heavy atom. The Balaban J connectivity index is 1.10. The number of anilines is 1. The van der Waals surface area contributed by atoms with Gasteiger partial charge in [-0.3, -0.25) is 9.88 Å². The summed E-state index contributed by atoms with van der Waals surface area (Å²) in [6.07, 6.45) is 17.9. The summed E-state index contributed by atoms with van der Waals surface area (Å²) in [6.45, 7) is 3.98. The Labute approximate surface area is 285 Å². The van der Waals surface area contributed by atoms with E-state index in [0.717, 1.165) is 71.1 Å². The molecule has 252 valence electrons. The summed E-state index contributed by atoms with van der Waals surface area (Å²) in [5, 5.41) is 16.2. The second kappa shape index (κ2) is 11.9. The Hall–Kier alpha value is -4.30. The van der Waals surface area contributed by atoms with E-state index >= 15 is 4.39 Å². The number of phenolic OH excluding ortho intramolecular Hbond substituents is 1. The summed E-state index contributed by atoms with van der Waals surface area (Å²) in [4.78, 5) is 19.2. The fourth-order valence-electron chi connectivity index (χ4n) is 8.99. The van der Waals surface area contributed by atoms with Crippen LogP contribution in [0, 0.1) is 24.1 Å². The van der Waals surface area contributed by atoms with E-state index in [1.165, 1.54) is 11.6 Å². The molecule has 9 nitrogen and oxygen atoms in total. The lowest BCUT2D eigenvalue weighted by atomic mass is 9.93. The number of aromatic nitrogens is 3. The molecule has 0 spiro atoms. The summed E-state index contributed by atoms with van der Waals surface area (Å²) in [5.74, 6) is 3.40. The van der Waals surface area contributed by atoms with Gasteiger partial charge in [0.2, 0.25) is 0 Å². The van der Waals surface area contributed by atoms with Crippen LogP contribution in [0.4, 0.5) is 10.2 Å². The number of pyridine rings is 1. The maximum absolute atomic E-state index is 17.0. The number of nitrogens with zero attached hydrogens (tertiary/aromatic N) is 5. The molecule has 49 heavy (non-hydrogen) atoms. The highest BCUT2D eigenvalue weighted by Gasteiger charge is 2.47. The minimum absolute atomic E-state index is 0.00246. The molecule has 9 rings (SSSR count). The number of aromatic hydroxyl groups is 1. The van der Waals surface area contributed by atoms with Crippen LogP contribution in [-0.2, 0) is 4.74 Å². The summed E-state index contributed by atoms with van der Waals surface area (Å²) < 4.78 is 29.0. The van der Waals surface area contributed by atoms with Gasteiger partial charge in [0.1, 0.15) is 29.4 Å². The fraction of sp³-hybridized carbons (Fsp3) is 0.462. The molecule has 4 aromatic rings. The molecule has 2 bridgehead atoms. The van der Waals surface area contributed by atoms with Crippen molar-refractivity contribution in [3.05, 3.63) is 59.6 Å². The number of allylic oxidation sites excluding steroid dienone is 1. The van der Waals surface area contributed by atoms with Crippen LogP contribution < -0.4 is 15.0 Å². The molecule has 5 aliphatic rings. The normalized spacial score (nSPS) is 28.4. The Bertz CT molecular complexity index is 2030. The number of terminal acetylenes is 1. The number of nitrogens with one attached hydrogen (secondary N) is 1. The third-order valence-electron chi connectivity index (χ3n) is 11.6. The van der Waals surface area contributed by atoms with Crippen LogP contribution in [-0.4, -0.2) is 88.6 Å². The third-order valence-corrected chi connectivity index (χ3v) is 11.6. The lowest BCUT2D eigenvalue weighted by molar-refractivity contribution is 0.108. The van der Waals surface area contributed by atoms with Crippen LogP contribution in [0.3, 0.4) is 0 Å². The smallest absolute Gasteiger partial charge is 0.319 e. The number of fused-ring (bicyclic) bond motifs is 5. The maximum atomic E-state index is 17.0. The molecule has 4 aliphatic heterocycles. The zero-order valence-corrected chi connectivity index (χ0v) is 27.8. The first-order chi connectivity index (χ1) is 23.9. The number of piperazine rings is 1. The molecule has 2 aromatic carbocycles. The van der Waals surface area contributed by atoms with Crippen LogP contribution >= 0.6 is 0 Å². The number of ether oxygens (including phenoxy) is 2. The summed E-state index contributed by atoms with van der Waals surface area (Å²) in [6, 6.07) is 9.52. The highest BCUT2D eigenvalue weighted by molar-refractivity contribution is 6.02. The quantitative estimate of drug-likeness (QED) is 0.186. The third kappa shape index (κ3) is 5.39. The van der Waals surface area contributed by atoms with Gasteiger partial charge >= 0.3 is 6.01 Å². The predicted molar refractivity (Wildman–Crippen MR) is 187 cm³/mol. The van der Waals surface area contributed by atoms with Crippen LogP contribution in [0.5, 0.6) is 11.8 Å². The van der Waals surface area contributed by atoms with Crippen molar-refractivity contribution < 1.29 is 19.0 Å². The number of halogens is 1. The SMILES string of the molecule is C#Cc1cccc2cc(O)cc(-c3ncc4c(N5C[C@H]6CC[C@@H](C5)N6)nc(OCC56CCCN5CC(=CCC5CC5OC)C6)nc4c3F)c12. The second-order valence-electron chi connectivity index (χ2n) is 14.7. The number of benzene rings is 2. The van der Waals surface area contributed by atoms with Gasteiger partial charge in [-0.15, -0.1) is 6.42 Å². The minimum atomic E-state index is -0.594. The van der Waals surface area contributed by atoms with Gasteiger partial charge in [-0.1, -0.05) is 29.7 Å². The Morgan fingerprint density at radius 2 is 2.06 bits per heavy atom. The van der Waals surface area contributed by atoms with E-state index in [4.69, 9.17) is 25.9 Å². The van der Waals surface area contributed by atoms with Crippen molar-refractivity contribution in [2.75, 3.05) is 44.8 Å². The number of phenols is 1. The van der Waals surface area contributed by atoms with Crippen LogP contribution in [0.15, 0.2) is 48.2 Å². The molecule has 10 heteroatoms. The topological polar surface area (TPSA) is 95.9 Å². The van der Waals surface area contributed by atoms with Crippen molar-refractivity contribution in [1.82, 2.24) is 25.2 Å². The molecular weight excluding hydrogens is 619 g/mol. The molecule has 0 radical (unpaired) electrons. The summed E-state index contributed by atoms with van der Waals surface area (Å²) in [7, 11) is 1.80. The van der Waals surface area contributed by atoms with Crippen molar-refractivity contribution in [2.45, 2.75) is 68.7 Å². The van der Waals surface area contributed by atoms with Crippen molar-refractivity contribution in [2.24, 2.45) is 5.92 Å². The molecule has 6 heterocycles. The van der Waals surface area contributed by atoms with E-state index in [0.29, 0.717) is 63.8 Å².